The van der Waals surface area contributed by atoms with Gasteiger partial charge in [-0.3, -0.25) is 0 Å². The minimum atomic E-state index is -4.80. The highest BCUT2D eigenvalue weighted by atomic mass is 79.9. The van der Waals surface area contributed by atoms with Crippen molar-refractivity contribution in [2.45, 2.75) is 6.18 Å². The fourth-order valence-corrected chi connectivity index (χ4v) is 3.89. The highest BCUT2D eigenvalue weighted by Gasteiger charge is 2.40. The number of nitrogens with zero attached hydrogens (tertiary/aromatic N) is 1. The van der Waals surface area contributed by atoms with Gasteiger partial charge in [0.1, 0.15) is 14.2 Å². The number of thiophene rings is 1. The van der Waals surface area contributed by atoms with Gasteiger partial charge in [0, 0.05) is 4.47 Å². The third-order valence-corrected chi connectivity index (χ3v) is 5.63. The van der Waals surface area contributed by atoms with Crippen molar-refractivity contribution in [2.24, 2.45) is 0 Å². The monoisotopic (exact) mass is 391 g/mol. The molecule has 2 aromatic rings. The number of carboxylic acids is 1. The zero-order valence-corrected chi connectivity index (χ0v) is 12.6. The van der Waals surface area contributed by atoms with Crippen molar-refractivity contribution < 1.29 is 23.1 Å². The molecule has 2 rings (SSSR count). The smallest absolute Gasteiger partial charge is 0.435 e. The van der Waals surface area contributed by atoms with Gasteiger partial charge in [0.15, 0.2) is 5.69 Å². The van der Waals surface area contributed by atoms with Crippen LogP contribution in [0.25, 0.3) is 9.88 Å². The van der Waals surface area contributed by atoms with Crippen molar-refractivity contribution in [1.29, 1.82) is 0 Å². The van der Waals surface area contributed by atoms with E-state index in [2.05, 4.69) is 20.9 Å². The van der Waals surface area contributed by atoms with Crippen molar-refractivity contribution >= 4 is 56.2 Å². The van der Waals surface area contributed by atoms with Crippen LogP contribution < -0.4 is 0 Å². The summed E-state index contributed by atoms with van der Waals surface area (Å²) in [5.41, 5.74) is -1.39. The highest BCUT2D eigenvalue weighted by molar-refractivity contribution is 9.10. The fourth-order valence-electron chi connectivity index (χ4n) is 1.21. The number of carbonyl (C=O) groups is 1. The van der Waals surface area contributed by atoms with Crippen LogP contribution in [-0.4, -0.2) is 16.1 Å². The number of aromatic nitrogens is 1. The molecule has 0 amide bonds. The molecule has 0 aromatic carbocycles. The third-order valence-electron chi connectivity index (χ3n) is 1.95. The second-order valence-corrected chi connectivity index (χ2v) is 6.74. The fraction of sp³-hybridized carbons (Fsp3) is 0.111. The van der Waals surface area contributed by atoms with E-state index in [1.165, 1.54) is 6.07 Å². The lowest BCUT2D eigenvalue weighted by molar-refractivity contribution is -0.141. The van der Waals surface area contributed by atoms with Crippen molar-refractivity contribution in [3.05, 3.63) is 25.4 Å². The van der Waals surface area contributed by atoms with Gasteiger partial charge in [-0.2, -0.15) is 13.2 Å². The molecule has 0 saturated carbocycles. The molecular weight excluding hydrogens is 391 g/mol. The van der Waals surface area contributed by atoms with Crippen molar-refractivity contribution in [2.75, 3.05) is 0 Å². The molecule has 0 saturated heterocycles. The Morgan fingerprint density at radius 3 is 2.42 bits per heavy atom. The van der Waals surface area contributed by atoms with Crippen LogP contribution >= 0.6 is 50.2 Å². The summed E-state index contributed by atoms with van der Waals surface area (Å²) in [7, 11) is 0. The van der Waals surface area contributed by atoms with Gasteiger partial charge in [0.05, 0.1) is 4.88 Å². The number of hydrogen-bond acceptors (Lipinski definition) is 4. The molecule has 10 heteroatoms. The van der Waals surface area contributed by atoms with E-state index in [0.29, 0.717) is 25.0 Å². The lowest BCUT2D eigenvalue weighted by Gasteiger charge is -2.02. The maximum absolute atomic E-state index is 12.7. The predicted molar refractivity (Wildman–Crippen MR) is 70.1 cm³/mol. The first-order valence-electron chi connectivity index (χ1n) is 4.46. The van der Waals surface area contributed by atoms with Gasteiger partial charge >= 0.3 is 12.1 Å². The van der Waals surface area contributed by atoms with Crippen LogP contribution in [-0.2, 0) is 6.18 Å². The Balaban J connectivity index is 2.58. The van der Waals surface area contributed by atoms with Gasteiger partial charge in [0.25, 0.3) is 0 Å². The van der Waals surface area contributed by atoms with E-state index in [9.17, 15) is 18.0 Å². The summed E-state index contributed by atoms with van der Waals surface area (Å²) in [6, 6.07) is 1.50. The number of hydrogen-bond donors (Lipinski definition) is 1. The molecule has 1 N–H and O–H groups in total. The molecule has 0 unspecified atom stereocenters. The third kappa shape index (κ3) is 2.93. The Labute approximate surface area is 125 Å². The zero-order chi connectivity index (χ0) is 14.4. The van der Waals surface area contributed by atoms with Crippen LogP contribution in [0.15, 0.2) is 10.5 Å². The molecule has 0 aliphatic rings. The molecule has 0 atom stereocenters. The van der Waals surface area contributed by atoms with Crippen molar-refractivity contribution in [3.63, 3.8) is 0 Å². The average molecular weight is 393 g/mol. The summed E-state index contributed by atoms with van der Waals surface area (Å²) < 4.78 is 38.9. The van der Waals surface area contributed by atoms with Gasteiger partial charge < -0.3 is 5.11 Å². The summed E-state index contributed by atoms with van der Waals surface area (Å²) in [5.74, 6) is -1.65. The van der Waals surface area contributed by atoms with E-state index >= 15 is 0 Å². The zero-order valence-electron chi connectivity index (χ0n) is 8.59. The molecule has 0 fully saturated rings. The normalized spacial score (nSPS) is 11.8. The van der Waals surface area contributed by atoms with E-state index in [4.69, 9.17) is 16.7 Å². The van der Waals surface area contributed by atoms with Crippen LogP contribution in [0.3, 0.4) is 0 Å². The number of thiazole rings is 1. The molecule has 19 heavy (non-hydrogen) atoms. The lowest BCUT2D eigenvalue weighted by atomic mass is 10.3. The number of aromatic carboxylic acids is 1. The van der Waals surface area contributed by atoms with Gasteiger partial charge in [-0.15, -0.1) is 22.7 Å². The minimum absolute atomic E-state index is 0.0256. The molecule has 0 radical (unpaired) electrons. The maximum Gasteiger partial charge on any atom is 0.435 e. The van der Waals surface area contributed by atoms with Crippen LogP contribution in [0, 0.1) is 0 Å². The van der Waals surface area contributed by atoms with E-state index in [1.807, 2.05) is 0 Å². The van der Waals surface area contributed by atoms with E-state index in [-0.39, 0.29) is 5.01 Å². The molecule has 2 aromatic heterocycles. The largest absolute Gasteiger partial charge is 0.477 e. The second-order valence-electron chi connectivity index (χ2n) is 3.23. The predicted octanol–water partition coefficient (Wildman–Crippen LogP) is 5.00. The van der Waals surface area contributed by atoms with Gasteiger partial charge in [-0.25, -0.2) is 9.78 Å². The molecule has 3 nitrogen and oxygen atoms in total. The Bertz CT molecular complexity index is 633. The van der Waals surface area contributed by atoms with Crippen LogP contribution in [0.1, 0.15) is 15.4 Å². The molecule has 0 aliphatic heterocycles. The standard InChI is InChI=1S/C9H2BrClF3NO2S2/c10-2-1-3(18-6(2)11)7-15-5(9(12,13)14)4(19-7)8(16)17/h1H,(H,16,17). The number of alkyl halides is 3. The quantitative estimate of drug-likeness (QED) is 0.782. The lowest BCUT2D eigenvalue weighted by Crippen LogP contribution is -2.11. The van der Waals surface area contributed by atoms with Crippen molar-refractivity contribution in [3.8, 4) is 9.88 Å². The molecule has 0 bridgehead atoms. The van der Waals surface area contributed by atoms with Crippen LogP contribution in [0.2, 0.25) is 4.34 Å². The number of carboxylic acid groups (broad SMARTS) is 1. The first kappa shape index (κ1) is 14.8. The molecule has 0 spiro atoms. The highest BCUT2D eigenvalue weighted by Crippen LogP contribution is 2.42. The Morgan fingerprint density at radius 2 is 2.05 bits per heavy atom. The SMILES string of the molecule is O=C(O)c1sc(-c2cc(Br)c(Cl)s2)nc1C(F)(F)F. The number of rotatable bonds is 2. The molecule has 102 valence electrons. The Hall–Kier alpha value is -0.640. The number of halogens is 5. The topological polar surface area (TPSA) is 50.2 Å². The van der Waals surface area contributed by atoms with Crippen LogP contribution in [0.4, 0.5) is 13.2 Å². The van der Waals surface area contributed by atoms with Crippen molar-refractivity contribution in [1.82, 2.24) is 4.98 Å². The first-order chi connectivity index (χ1) is 8.70. The second kappa shape index (κ2) is 5.04. The average Bonchev–Trinajstić information content (AvgIpc) is 2.82. The molecule has 0 aliphatic carbocycles. The van der Waals surface area contributed by atoms with Crippen LogP contribution in [0.5, 0.6) is 0 Å². The summed E-state index contributed by atoms with van der Waals surface area (Å²) in [6.45, 7) is 0. The first-order valence-corrected chi connectivity index (χ1v) is 7.27. The summed E-state index contributed by atoms with van der Waals surface area (Å²) in [5, 5.41) is 8.76. The van der Waals surface area contributed by atoms with E-state index < -0.39 is 22.7 Å². The maximum atomic E-state index is 12.7. The van der Waals surface area contributed by atoms with Gasteiger partial charge in [-0.1, -0.05) is 11.6 Å². The summed E-state index contributed by atoms with van der Waals surface area (Å²) >= 11 is 10.4. The Morgan fingerprint density at radius 1 is 1.42 bits per heavy atom. The van der Waals surface area contributed by atoms with Gasteiger partial charge in [-0.05, 0) is 22.0 Å². The summed E-state index contributed by atoms with van der Waals surface area (Å²) in [4.78, 5) is 13.7. The van der Waals surface area contributed by atoms with Gasteiger partial charge in [0.2, 0.25) is 0 Å². The van der Waals surface area contributed by atoms with E-state index in [0.717, 1.165) is 11.3 Å². The Kier molecular flexibility index (Phi) is 3.92. The molecule has 2 heterocycles. The molecular formula is C9H2BrClF3NO2S2. The van der Waals surface area contributed by atoms with E-state index in [1.54, 1.807) is 0 Å². The minimum Gasteiger partial charge on any atom is -0.477 e. The summed E-state index contributed by atoms with van der Waals surface area (Å²) in [6.07, 6.45) is -4.80.